The van der Waals surface area contributed by atoms with Crippen molar-refractivity contribution in [2.75, 3.05) is 0 Å². The van der Waals surface area contributed by atoms with Gasteiger partial charge in [0.2, 0.25) is 0 Å². The lowest BCUT2D eigenvalue weighted by molar-refractivity contribution is 0.108. The molecule has 0 aliphatic heterocycles. The molecule has 0 amide bonds. The van der Waals surface area contributed by atoms with Crippen LogP contribution in [0.15, 0.2) is 4.40 Å². The Balaban J connectivity index is -0.0000000306. The van der Waals surface area contributed by atoms with Crippen molar-refractivity contribution in [3.8, 4) is 12.9 Å². The summed E-state index contributed by atoms with van der Waals surface area (Å²) in [7, 11) is -8.08. The fourth-order valence-corrected chi connectivity index (χ4v) is 0.134. The van der Waals surface area contributed by atoms with E-state index < -0.39 is 21.0 Å². The largest absolute Gasteiger partial charge is 0.428 e. The topological polar surface area (TPSA) is 162 Å². The van der Waals surface area contributed by atoms with Crippen LogP contribution in [0.25, 0.3) is 0 Å². The zero-order valence-corrected chi connectivity index (χ0v) is 9.74. The molecular weight excluding hydrogens is 333 g/mol. The molecule has 0 aromatic carbocycles. The summed E-state index contributed by atoms with van der Waals surface area (Å²) in [5.41, 5.74) is 0. The van der Waals surface area contributed by atoms with Crippen LogP contribution in [0.3, 0.4) is 0 Å². The lowest BCUT2D eigenvalue weighted by Crippen LogP contribution is -1.79. The molecule has 0 aromatic heterocycles. The molecule has 0 unspecified atom stereocenters. The number of isocyanates is 1. The van der Waals surface area contributed by atoms with Crippen LogP contribution in [0, 0.1) is 23.4 Å². The van der Waals surface area contributed by atoms with E-state index in [0.717, 1.165) is 0 Å². The Bertz CT molecular complexity index is 466. The van der Waals surface area contributed by atoms with Crippen LogP contribution >= 0.6 is 0 Å². The fraction of sp³-hybridized carbons (Fsp3) is 0. The smallest absolute Gasteiger partial charge is 0.269 e. The maximum absolute atomic E-state index is 10.9. The number of hydrogen-bond donors (Lipinski definition) is 0. The third-order valence-electron chi connectivity index (χ3n) is 0.146. The van der Waals surface area contributed by atoms with Crippen LogP contribution in [-0.4, -0.2) is 27.1 Å². The summed E-state index contributed by atoms with van der Waals surface area (Å²) in [4.78, 5) is 8.91. The van der Waals surface area contributed by atoms with Crippen molar-refractivity contribution in [1.29, 1.82) is 10.5 Å². The highest BCUT2D eigenvalue weighted by atomic mass is 32.3. The number of rotatable bonds is 1. The summed E-state index contributed by atoms with van der Waals surface area (Å²) in [5.74, 6) is 0. The van der Waals surface area contributed by atoms with E-state index in [1.54, 1.807) is 4.40 Å². The second kappa shape index (κ2) is 36.1. The van der Waals surface area contributed by atoms with E-state index in [1.165, 1.54) is 0 Å². The standard InChI is InChI=1S/CFNO3S.CFN.CHN.F2.FH.O3S/c2-7(5,6)3-1-4;2-1-3;2*1-2;;1-4(2)3/h;;1H;;1H;. The first-order valence-corrected chi connectivity index (χ1v) is 4.75. The molecule has 19 heavy (non-hydrogen) atoms. The third kappa shape index (κ3) is 1150. The van der Waals surface area contributed by atoms with E-state index in [4.69, 9.17) is 45.5 Å². The van der Waals surface area contributed by atoms with Crippen LogP contribution in [0.1, 0.15) is 0 Å². The molecule has 112 valence electrons. The monoisotopic (exact) mass is 335 g/mol. The van der Waals surface area contributed by atoms with Crippen LogP contribution < -0.4 is 0 Å². The number of nitriles is 2. The normalized spacial score (nSPS) is 5.74. The van der Waals surface area contributed by atoms with Gasteiger partial charge in [-0.25, -0.2) is 10.1 Å². The van der Waals surface area contributed by atoms with Gasteiger partial charge in [-0.05, 0) is 4.40 Å². The fourth-order valence-electron chi connectivity index (χ4n) is 0.0445. The van der Waals surface area contributed by atoms with E-state index in [2.05, 4.69) is 6.57 Å². The number of nitrogens with zero attached hydrogens (tertiary/aromatic N) is 3. The lowest BCUT2D eigenvalue weighted by atomic mass is 11.7. The van der Waals surface area contributed by atoms with Crippen molar-refractivity contribution in [2.24, 2.45) is 4.40 Å². The zero-order chi connectivity index (χ0) is 16.2. The minimum absolute atomic E-state index is 0. The summed E-state index contributed by atoms with van der Waals surface area (Å²) in [6.45, 7) is 3.50. The molecule has 0 atom stereocenters. The highest BCUT2D eigenvalue weighted by Gasteiger charge is 1.98. The van der Waals surface area contributed by atoms with Crippen LogP contribution in [0.2, 0.25) is 0 Å². The quantitative estimate of drug-likeness (QED) is 0.282. The number of carbonyl (C=O) groups excluding carboxylic acids is 1. The second-order valence-corrected chi connectivity index (χ2v) is 2.30. The highest BCUT2D eigenvalue weighted by Crippen LogP contribution is 1.86. The molecule has 0 rings (SSSR count). The van der Waals surface area contributed by atoms with Crippen molar-refractivity contribution < 1.29 is 48.0 Å². The number of hydrogen-bond acceptors (Lipinski definition) is 8. The summed E-state index contributed by atoms with van der Waals surface area (Å²) in [6, 6.07) is 0. The van der Waals surface area contributed by atoms with Crippen molar-refractivity contribution >= 4 is 27.1 Å². The molecule has 0 aliphatic carbocycles. The maximum Gasteiger partial charge on any atom is 0.428 e. The molecule has 0 fully saturated rings. The Kier molecular flexibility index (Phi) is 68.3. The zero-order valence-electron chi connectivity index (χ0n) is 8.11. The summed E-state index contributed by atoms with van der Waals surface area (Å²) < 4.78 is 81.9. The lowest BCUT2D eigenvalue weighted by Gasteiger charge is -1.66. The summed E-state index contributed by atoms with van der Waals surface area (Å²) >= 11 is 0. The molecule has 0 aliphatic rings. The molecule has 0 N–H and O–H groups in total. The van der Waals surface area contributed by atoms with E-state index in [1.807, 2.05) is 0 Å². The van der Waals surface area contributed by atoms with Gasteiger partial charge in [0.05, 0.1) is 0 Å². The summed E-state index contributed by atoms with van der Waals surface area (Å²) in [5, 5.41) is 13.2. The molecule has 0 saturated carbocycles. The molecule has 0 spiro atoms. The molecule has 16 heteroatoms. The predicted octanol–water partition coefficient (Wildman–Crippen LogP) is 0.102. The van der Waals surface area contributed by atoms with Gasteiger partial charge in [-0.2, -0.15) is 13.7 Å². The Morgan fingerprint density at radius 3 is 1.32 bits per heavy atom. The number of halogens is 5. The first kappa shape index (κ1) is 36.0. The van der Waals surface area contributed by atoms with Crippen LogP contribution in [-0.2, 0) is 25.8 Å². The van der Waals surface area contributed by atoms with Crippen molar-refractivity contribution in [1.82, 2.24) is 0 Å². The molecule has 0 heterocycles. The van der Waals surface area contributed by atoms with Gasteiger partial charge in [-0.1, -0.05) is 3.89 Å². The first-order chi connectivity index (χ1) is 8.21. The molecule has 0 aromatic rings. The average Bonchev–Trinajstić information content (AvgIpc) is 2.22. The Morgan fingerprint density at radius 2 is 1.32 bits per heavy atom. The summed E-state index contributed by atoms with van der Waals surface area (Å²) in [6.07, 6.45) is 0.770. The van der Waals surface area contributed by atoms with Gasteiger partial charge in [-0.15, -0.1) is 17.0 Å². The first-order valence-electron chi connectivity index (χ1n) is 2.41. The maximum atomic E-state index is 10.9. The Morgan fingerprint density at radius 1 is 1.16 bits per heavy atom. The van der Waals surface area contributed by atoms with Gasteiger partial charge in [0, 0.05) is 15.7 Å². The Hall–Kier alpha value is -2.42. The van der Waals surface area contributed by atoms with Crippen molar-refractivity contribution in [3.05, 3.63) is 0 Å². The van der Waals surface area contributed by atoms with E-state index >= 15 is 0 Å². The molecule has 0 radical (unpaired) electrons. The third-order valence-corrected chi connectivity index (χ3v) is 0.439. The van der Waals surface area contributed by atoms with Crippen LogP contribution in [0.5, 0.6) is 0 Å². The van der Waals surface area contributed by atoms with E-state index in [9.17, 15) is 8.28 Å². The minimum Gasteiger partial charge on any atom is -0.269 e. The Labute approximate surface area is 104 Å². The SMILES string of the molecule is C#N.F.FF.N#CF.O=C=NS(=O)(=O)F.O=S(=O)=O. The molecule has 9 nitrogen and oxygen atoms in total. The van der Waals surface area contributed by atoms with Gasteiger partial charge < -0.3 is 0 Å². The van der Waals surface area contributed by atoms with Gasteiger partial charge in [0.1, 0.15) is 0 Å². The van der Waals surface area contributed by atoms with Gasteiger partial charge in [0.15, 0.2) is 0 Å². The van der Waals surface area contributed by atoms with Crippen molar-refractivity contribution in [3.63, 3.8) is 0 Å². The van der Waals surface area contributed by atoms with Crippen LogP contribution in [0.4, 0.5) is 22.1 Å². The van der Waals surface area contributed by atoms with E-state index in [0.29, 0.717) is 6.08 Å². The average molecular weight is 335 g/mol. The highest BCUT2D eigenvalue weighted by molar-refractivity contribution is 7.85. The molecule has 0 bridgehead atoms. The van der Waals surface area contributed by atoms with E-state index in [-0.39, 0.29) is 11.0 Å². The van der Waals surface area contributed by atoms with Crippen molar-refractivity contribution in [2.45, 2.75) is 0 Å². The van der Waals surface area contributed by atoms with Gasteiger partial charge >= 0.3 is 21.0 Å². The predicted molar refractivity (Wildman–Crippen MR) is 46.0 cm³/mol. The molecular formula is C3H2F5N3O6S2. The van der Waals surface area contributed by atoms with Gasteiger partial charge in [0.25, 0.3) is 12.4 Å². The molecule has 0 saturated heterocycles. The minimum atomic E-state index is -4.97. The second-order valence-electron chi connectivity index (χ2n) is 0.883. The van der Waals surface area contributed by atoms with Gasteiger partial charge in [-0.3, -0.25) is 4.70 Å².